The van der Waals surface area contributed by atoms with Gasteiger partial charge in [0.2, 0.25) is 0 Å². The summed E-state index contributed by atoms with van der Waals surface area (Å²) in [5.41, 5.74) is 7.23. The number of aryl methyl sites for hydroxylation is 1. The molecule has 1 aromatic heterocycles. The summed E-state index contributed by atoms with van der Waals surface area (Å²) < 4.78 is 1.94. The number of benzene rings is 2. The maximum atomic E-state index is 12.6. The molecule has 1 aliphatic carbocycles. The number of carbonyl (C=O) groups is 1. The lowest BCUT2D eigenvalue weighted by atomic mass is 9.99. The Kier molecular flexibility index (Phi) is 5.80. The summed E-state index contributed by atoms with van der Waals surface area (Å²) in [6.07, 6.45) is 0.535. The normalized spacial score (nSPS) is 18.9. The lowest BCUT2D eigenvalue weighted by Crippen LogP contribution is -2.43. The topological polar surface area (TPSA) is 94.2 Å². The van der Waals surface area contributed by atoms with Crippen molar-refractivity contribution in [2.75, 3.05) is 13.1 Å². The first kappa shape index (κ1) is 22.5. The van der Waals surface area contributed by atoms with Gasteiger partial charge in [0.1, 0.15) is 6.04 Å². The summed E-state index contributed by atoms with van der Waals surface area (Å²) in [4.78, 5) is 14.4. The van der Waals surface area contributed by atoms with Crippen molar-refractivity contribution in [3.05, 3.63) is 74.9 Å². The van der Waals surface area contributed by atoms with Crippen molar-refractivity contribution in [3.63, 3.8) is 0 Å². The minimum Gasteiger partial charge on any atom is -0.390 e. The molecule has 2 atom stereocenters. The molecule has 0 fully saturated rings. The third-order valence-corrected chi connectivity index (χ3v) is 7.02. The molecule has 34 heavy (non-hydrogen) atoms. The molecule has 2 aromatic carbocycles. The Balaban J connectivity index is 1.66. The molecular weight excluding hydrogens is 450 g/mol. The van der Waals surface area contributed by atoms with Crippen LogP contribution in [-0.4, -0.2) is 45.0 Å². The summed E-state index contributed by atoms with van der Waals surface area (Å²) in [6.45, 7) is 5.45. The van der Waals surface area contributed by atoms with Gasteiger partial charge in [0.15, 0.2) is 0 Å². The molecule has 2 aliphatic rings. The standard InChI is InChI=1S/C26H26ClN5O2/c1-3-29-26(34)31-8-7-22-21(14-31)24(17-6-4-5-16(10-17)13-28)30-32(22)25-20-11-18(27)9-15(2)19(20)12-23(25)33/h4-6,9-11,23,25,33H,3,7-8,12,14H2,1-2H3,(H,29,34)/t23-,25-/m1/s1. The van der Waals surface area contributed by atoms with Crippen molar-refractivity contribution in [3.8, 4) is 17.3 Å². The highest BCUT2D eigenvalue weighted by atomic mass is 35.5. The van der Waals surface area contributed by atoms with Crippen LogP contribution in [0, 0.1) is 18.3 Å². The van der Waals surface area contributed by atoms with Crippen LogP contribution >= 0.6 is 11.6 Å². The van der Waals surface area contributed by atoms with Crippen LogP contribution in [0.3, 0.4) is 0 Å². The predicted molar refractivity (Wildman–Crippen MR) is 130 cm³/mol. The number of fused-ring (bicyclic) bond motifs is 2. The largest absolute Gasteiger partial charge is 0.390 e. The Morgan fingerprint density at radius 3 is 2.91 bits per heavy atom. The van der Waals surface area contributed by atoms with Gasteiger partial charge in [-0.15, -0.1) is 0 Å². The van der Waals surface area contributed by atoms with Crippen LogP contribution in [0.25, 0.3) is 11.3 Å². The number of urea groups is 1. The van der Waals surface area contributed by atoms with Crippen LogP contribution in [0.4, 0.5) is 4.79 Å². The maximum absolute atomic E-state index is 12.6. The highest BCUT2D eigenvalue weighted by Crippen LogP contribution is 2.41. The maximum Gasteiger partial charge on any atom is 0.317 e. The number of nitrogens with one attached hydrogen (secondary N) is 1. The van der Waals surface area contributed by atoms with Crippen molar-refractivity contribution in [1.29, 1.82) is 5.26 Å². The average molecular weight is 476 g/mol. The number of aliphatic hydroxyl groups excluding tert-OH is 1. The summed E-state index contributed by atoms with van der Waals surface area (Å²) in [6, 6.07) is 12.9. The van der Waals surface area contributed by atoms with Crippen molar-refractivity contribution >= 4 is 17.6 Å². The first-order valence-electron chi connectivity index (χ1n) is 11.5. The Labute approximate surface area is 203 Å². The lowest BCUT2D eigenvalue weighted by molar-refractivity contribution is 0.136. The fraction of sp³-hybridized carbons (Fsp3) is 0.346. The fourth-order valence-corrected chi connectivity index (χ4v) is 5.53. The van der Waals surface area contributed by atoms with E-state index in [1.54, 1.807) is 11.0 Å². The van der Waals surface area contributed by atoms with E-state index in [0.29, 0.717) is 43.1 Å². The molecular formula is C26H26ClN5O2. The van der Waals surface area contributed by atoms with Gasteiger partial charge < -0.3 is 15.3 Å². The van der Waals surface area contributed by atoms with E-state index in [2.05, 4.69) is 11.4 Å². The number of hydrogen-bond donors (Lipinski definition) is 2. The van der Waals surface area contributed by atoms with Crippen LogP contribution < -0.4 is 5.32 Å². The monoisotopic (exact) mass is 475 g/mol. The number of halogens is 1. The van der Waals surface area contributed by atoms with Crippen molar-refractivity contribution in [2.45, 2.75) is 45.4 Å². The Hall–Kier alpha value is -3.34. The third kappa shape index (κ3) is 3.73. The van der Waals surface area contributed by atoms with Gasteiger partial charge in [0.05, 0.1) is 30.0 Å². The highest BCUT2D eigenvalue weighted by Gasteiger charge is 2.38. The molecule has 5 rings (SSSR count). The van der Waals surface area contributed by atoms with Gasteiger partial charge in [-0.1, -0.05) is 23.7 Å². The molecule has 0 bridgehead atoms. The van der Waals surface area contributed by atoms with E-state index in [0.717, 1.165) is 39.2 Å². The SMILES string of the molecule is CCNC(=O)N1CCc2c(c(-c3cccc(C#N)c3)nn2[C@@H]2c3cc(Cl)cc(C)c3C[C@H]2O)C1. The van der Waals surface area contributed by atoms with E-state index in [1.165, 1.54) is 0 Å². The summed E-state index contributed by atoms with van der Waals surface area (Å²) in [7, 11) is 0. The van der Waals surface area contributed by atoms with Crippen LogP contribution in [0.5, 0.6) is 0 Å². The number of aliphatic hydroxyl groups is 1. The zero-order valence-corrected chi connectivity index (χ0v) is 19.9. The quantitative estimate of drug-likeness (QED) is 0.599. The number of nitriles is 1. The molecule has 7 nitrogen and oxygen atoms in total. The second-order valence-electron chi connectivity index (χ2n) is 8.92. The fourth-order valence-electron chi connectivity index (χ4n) is 5.24. The Morgan fingerprint density at radius 1 is 1.32 bits per heavy atom. The lowest BCUT2D eigenvalue weighted by Gasteiger charge is -2.29. The molecule has 2 N–H and O–H groups in total. The minimum atomic E-state index is -0.629. The molecule has 0 radical (unpaired) electrons. The second-order valence-corrected chi connectivity index (χ2v) is 9.36. The molecule has 0 saturated heterocycles. The summed E-state index contributed by atoms with van der Waals surface area (Å²) in [5, 5.41) is 29.1. The third-order valence-electron chi connectivity index (χ3n) is 6.80. The zero-order chi connectivity index (χ0) is 24.0. The number of aromatic nitrogens is 2. The predicted octanol–water partition coefficient (Wildman–Crippen LogP) is 3.98. The molecule has 0 spiro atoms. The van der Waals surface area contributed by atoms with Crippen molar-refractivity contribution in [1.82, 2.24) is 20.0 Å². The van der Waals surface area contributed by atoms with Gasteiger partial charge in [0.25, 0.3) is 0 Å². The zero-order valence-electron chi connectivity index (χ0n) is 19.2. The molecule has 2 heterocycles. The first-order valence-corrected chi connectivity index (χ1v) is 11.9. The molecule has 0 saturated carbocycles. The average Bonchev–Trinajstić information content (AvgIpc) is 3.36. The van der Waals surface area contributed by atoms with E-state index in [4.69, 9.17) is 16.7 Å². The summed E-state index contributed by atoms with van der Waals surface area (Å²) >= 11 is 6.40. The molecule has 8 heteroatoms. The smallest absolute Gasteiger partial charge is 0.317 e. The van der Waals surface area contributed by atoms with Crippen LogP contribution in [0.15, 0.2) is 36.4 Å². The van der Waals surface area contributed by atoms with E-state index < -0.39 is 6.10 Å². The van der Waals surface area contributed by atoms with Gasteiger partial charge in [-0.3, -0.25) is 4.68 Å². The van der Waals surface area contributed by atoms with Crippen LogP contribution in [-0.2, 0) is 19.4 Å². The Bertz CT molecular complexity index is 1330. The number of carbonyl (C=O) groups excluding carboxylic acids is 1. The van der Waals surface area contributed by atoms with Crippen molar-refractivity contribution in [2.24, 2.45) is 0 Å². The Morgan fingerprint density at radius 2 is 2.15 bits per heavy atom. The molecule has 1 aliphatic heterocycles. The second kappa shape index (κ2) is 8.79. The summed E-state index contributed by atoms with van der Waals surface area (Å²) in [5.74, 6) is 0. The van der Waals surface area contributed by atoms with E-state index in [-0.39, 0.29) is 12.1 Å². The molecule has 3 aromatic rings. The molecule has 0 unspecified atom stereocenters. The van der Waals surface area contributed by atoms with Crippen molar-refractivity contribution < 1.29 is 9.90 Å². The van der Waals surface area contributed by atoms with Gasteiger partial charge in [-0.05, 0) is 54.8 Å². The van der Waals surface area contributed by atoms with Crippen LogP contribution in [0.2, 0.25) is 5.02 Å². The number of nitrogens with zero attached hydrogens (tertiary/aromatic N) is 4. The van der Waals surface area contributed by atoms with Gasteiger partial charge in [0, 0.05) is 47.8 Å². The number of hydrogen-bond acceptors (Lipinski definition) is 4. The first-order chi connectivity index (χ1) is 16.4. The van der Waals surface area contributed by atoms with Crippen LogP contribution in [0.1, 0.15) is 46.5 Å². The van der Waals surface area contributed by atoms with Gasteiger partial charge in [-0.25, -0.2) is 4.79 Å². The number of rotatable bonds is 3. The minimum absolute atomic E-state index is 0.105. The van der Waals surface area contributed by atoms with Gasteiger partial charge >= 0.3 is 6.03 Å². The van der Waals surface area contributed by atoms with Gasteiger partial charge in [-0.2, -0.15) is 10.4 Å². The van der Waals surface area contributed by atoms with E-state index in [9.17, 15) is 15.2 Å². The molecule has 2 amide bonds. The van der Waals surface area contributed by atoms with E-state index in [1.807, 2.05) is 48.9 Å². The molecule has 174 valence electrons. The highest BCUT2D eigenvalue weighted by molar-refractivity contribution is 6.30. The number of amides is 2. The van der Waals surface area contributed by atoms with E-state index >= 15 is 0 Å².